The number of para-hydroxylation sites is 1. The molecule has 0 radical (unpaired) electrons. The standard InChI is InChI=1S/C17H26N2O/c1-2-9-19-10-7-15(8-11-19)18-13-16-12-14-5-3-4-6-17(14)20-16/h3-6,15-16,18H,2,7-13H2,1H3. The predicted octanol–water partition coefficient (Wildman–Crippen LogP) is 2.45. The van der Waals surface area contributed by atoms with E-state index in [-0.39, 0.29) is 0 Å². The van der Waals surface area contributed by atoms with Crippen LogP contribution in [0.15, 0.2) is 24.3 Å². The van der Waals surface area contributed by atoms with Crippen LogP contribution in [-0.4, -0.2) is 43.2 Å². The zero-order valence-electron chi connectivity index (χ0n) is 12.5. The molecule has 1 fully saturated rings. The first-order valence-corrected chi connectivity index (χ1v) is 8.05. The molecule has 1 atom stereocenters. The third-order valence-corrected chi connectivity index (χ3v) is 4.48. The van der Waals surface area contributed by atoms with Gasteiger partial charge in [0.25, 0.3) is 0 Å². The summed E-state index contributed by atoms with van der Waals surface area (Å²) in [5.74, 6) is 1.08. The van der Waals surface area contributed by atoms with Gasteiger partial charge in [-0.1, -0.05) is 25.1 Å². The van der Waals surface area contributed by atoms with E-state index in [2.05, 4.69) is 41.4 Å². The summed E-state index contributed by atoms with van der Waals surface area (Å²) < 4.78 is 5.98. The molecule has 0 aliphatic carbocycles. The Kier molecular flexibility index (Phi) is 4.58. The van der Waals surface area contributed by atoms with Crippen LogP contribution in [0.5, 0.6) is 5.75 Å². The number of ether oxygens (including phenoxy) is 1. The zero-order chi connectivity index (χ0) is 13.8. The lowest BCUT2D eigenvalue weighted by molar-refractivity contribution is 0.177. The number of likely N-dealkylation sites (tertiary alicyclic amines) is 1. The van der Waals surface area contributed by atoms with Crippen molar-refractivity contribution >= 4 is 0 Å². The summed E-state index contributed by atoms with van der Waals surface area (Å²) in [4.78, 5) is 2.58. The van der Waals surface area contributed by atoms with E-state index >= 15 is 0 Å². The minimum absolute atomic E-state index is 0.320. The van der Waals surface area contributed by atoms with Gasteiger partial charge in [0.2, 0.25) is 0 Å². The summed E-state index contributed by atoms with van der Waals surface area (Å²) in [6.07, 6.45) is 5.20. The summed E-state index contributed by atoms with van der Waals surface area (Å²) in [6.45, 7) is 6.99. The van der Waals surface area contributed by atoms with Gasteiger partial charge in [0.1, 0.15) is 11.9 Å². The van der Waals surface area contributed by atoms with Crippen LogP contribution in [0, 0.1) is 0 Å². The second-order valence-electron chi connectivity index (χ2n) is 6.08. The van der Waals surface area contributed by atoms with Crippen molar-refractivity contribution in [3.8, 4) is 5.75 Å². The van der Waals surface area contributed by atoms with Crippen molar-refractivity contribution in [2.45, 2.75) is 44.8 Å². The second kappa shape index (κ2) is 6.59. The number of hydrogen-bond acceptors (Lipinski definition) is 3. The number of piperidine rings is 1. The van der Waals surface area contributed by atoms with Crippen LogP contribution in [0.2, 0.25) is 0 Å². The fraction of sp³-hybridized carbons (Fsp3) is 0.647. The van der Waals surface area contributed by atoms with Crippen LogP contribution < -0.4 is 10.1 Å². The van der Waals surface area contributed by atoms with E-state index in [1.165, 1.54) is 44.5 Å². The van der Waals surface area contributed by atoms with Gasteiger partial charge in [0.05, 0.1) is 0 Å². The summed E-state index contributed by atoms with van der Waals surface area (Å²) >= 11 is 0. The van der Waals surface area contributed by atoms with Gasteiger partial charge in [-0.25, -0.2) is 0 Å². The van der Waals surface area contributed by atoms with Gasteiger partial charge >= 0.3 is 0 Å². The Balaban J connectivity index is 1.39. The Morgan fingerprint density at radius 2 is 2.05 bits per heavy atom. The summed E-state index contributed by atoms with van der Waals surface area (Å²) in [5, 5.41) is 3.71. The number of benzene rings is 1. The maximum atomic E-state index is 5.98. The first-order chi connectivity index (χ1) is 9.85. The lowest BCUT2D eigenvalue weighted by Crippen LogP contribution is -2.45. The minimum Gasteiger partial charge on any atom is -0.488 e. The smallest absolute Gasteiger partial charge is 0.123 e. The SMILES string of the molecule is CCCN1CCC(NCC2Cc3ccccc3O2)CC1. The molecule has 0 amide bonds. The number of nitrogens with zero attached hydrogens (tertiary/aromatic N) is 1. The summed E-state index contributed by atoms with van der Waals surface area (Å²) in [5.41, 5.74) is 1.36. The first kappa shape index (κ1) is 13.9. The van der Waals surface area contributed by atoms with Crippen LogP contribution in [0.4, 0.5) is 0 Å². The molecule has 1 N–H and O–H groups in total. The van der Waals surface area contributed by atoms with Crippen molar-refractivity contribution in [3.05, 3.63) is 29.8 Å². The minimum atomic E-state index is 0.320. The summed E-state index contributed by atoms with van der Waals surface area (Å²) in [7, 11) is 0. The molecule has 3 heteroatoms. The van der Waals surface area contributed by atoms with E-state index < -0.39 is 0 Å². The molecule has 3 rings (SSSR count). The van der Waals surface area contributed by atoms with Crippen molar-refractivity contribution in [2.75, 3.05) is 26.2 Å². The molecular weight excluding hydrogens is 248 g/mol. The predicted molar refractivity (Wildman–Crippen MR) is 82.3 cm³/mol. The van der Waals surface area contributed by atoms with E-state index in [1.807, 2.05) is 0 Å². The van der Waals surface area contributed by atoms with Crippen LogP contribution in [0.1, 0.15) is 31.7 Å². The molecule has 1 aromatic carbocycles. The highest BCUT2D eigenvalue weighted by Crippen LogP contribution is 2.27. The Morgan fingerprint density at radius 3 is 2.80 bits per heavy atom. The van der Waals surface area contributed by atoms with Crippen LogP contribution in [0.3, 0.4) is 0 Å². The average Bonchev–Trinajstić information content (AvgIpc) is 2.90. The van der Waals surface area contributed by atoms with Crippen LogP contribution >= 0.6 is 0 Å². The highest BCUT2D eigenvalue weighted by Gasteiger charge is 2.24. The van der Waals surface area contributed by atoms with Crippen molar-refractivity contribution in [1.29, 1.82) is 0 Å². The largest absolute Gasteiger partial charge is 0.488 e. The molecule has 3 nitrogen and oxygen atoms in total. The van der Waals surface area contributed by atoms with Crippen molar-refractivity contribution in [2.24, 2.45) is 0 Å². The van der Waals surface area contributed by atoms with Gasteiger partial charge in [0, 0.05) is 19.0 Å². The monoisotopic (exact) mass is 274 g/mol. The fourth-order valence-electron chi connectivity index (χ4n) is 3.34. The topological polar surface area (TPSA) is 24.5 Å². The highest BCUT2D eigenvalue weighted by molar-refractivity contribution is 5.37. The maximum absolute atomic E-state index is 5.98. The highest BCUT2D eigenvalue weighted by atomic mass is 16.5. The Morgan fingerprint density at radius 1 is 1.25 bits per heavy atom. The molecule has 2 heterocycles. The van der Waals surface area contributed by atoms with Gasteiger partial charge in [-0.05, 0) is 50.5 Å². The average molecular weight is 274 g/mol. The third kappa shape index (κ3) is 3.33. The van der Waals surface area contributed by atoms with Crippen molar-refractivity contribution < 1.29 is 4.74 Å². The van der Waals surface area contributed by atoms with E-state index in [0.29, 0.717) is 12.1 Å². The summed E-state index contributed by atoms with van der Waals surface area (Å²) in [6, 6.07) is 9.09. The van der Waals surface area contributed by atoms with Gasteiger partial charge in [-0.3, -0.25) is 0 Å². The molecule has 1 unspecified atom stereocenters. The third-order valence-electron chi connectivity index (χ3n) is 4.48. The molecule has 20 heavy (non-hydrogen) atoms. The molecule has 110 valence electrons. The Labute approximate surface area is 122 Å². The first-order valence-electron chi connectivity index (χ1n) is 8.05. The normalized spacial score (nSPS) is 23.6. The Hall–Kier alpha value is -1.06. The van der Waals surface area contributed by atoms with Gasteiger partial charge in [0.15, 0.2) is 0 Å². The van der Waals surface area contributed by atoms with E-state index in [9.17, 15) is 0 Å². The zero-order valence-corrected chi connectivity index (χ0v) is 12.5. The molecule has 0 bridgehead atoms. The molecule has 2 aliphatic rings. The molecule has 0 spiro atoms. The van der Waals surface area contributed by atoms with E-state index in [1.54, 1.807) is 0 Å². The lowest BCUT2D eigenvalue weighted by Gasteiger charge is -2.32. The number of fused-ring (bicyclic) bond motifs is 1. The van der Waals surface area contributed by atoms with Crippen LogP contribution in [-0.2, 0) is 6.42 Å². The molecular formula is C17H26N2O. The van der Waals surface area contributed by atoms with E-state index in [4.69, 9.17) is 4.74 Å². The van der Waals surface area contributed by atoms with Gasteiger partial charge in [-0.2, -0.15) is 0 Å². The maximum Gasteiger partial charge on any atom is 0.123 e. The number of nitrogens with one attached hydrogen (secondary N) is 1. The van der Waals surface area contributed by atoms with Crippen LogP contribution in [0.25, 0.3) is 0 Å². The van der Waals surface area contributed by atoms with Crippen molar-refractivity contribution in [1.82, 2.24) is 10.2 Å². The van der Waals surface area contributed by atoms with Gasteiger partial charge in [-0.15, -0.1) is 0 Å². The second-order valence-corrected chi connectivity index (χ2v) is 6.08. The molecule has 0 aromatic heterocycles. The molecule has 1 aromatic rings. The quantitative estimate of drug-likeness (QED) is 0.892. The molecule has 1 saturated heterocycles. The Bertz CT molecular complexity index is 402. The lowest BCUT2D eigenvalue weighted by atomic mass is 10.0. The number of rotatable bonds is 5. The number of hydrogen-bond donors (Lipinski definition) is 1. The van der Waals surface area contributed by atoms with Gasteiger partial charge < -0.3 is 15.0 Å². The van der Waals surface area contributed by atoms with E-state index in [0.717, 1.165) is 18.7 Å². The molecule has 0 saturated carbocycles. The fourth-order valence-corrected chi connectivity index (χ4v) is 3.34. The molecule has 2 aliphatic heterocycles. The van der Waals surface area contributed by atoms with Crippen molar-refractivity contribution in [3.63, 3.8) is 0 Å².